The summed E-state index contributed by atoms with van der Waals surface area (Å²) < 4.78 is 61.0. The van der Waals surface area contributed by atoms with Crippen LogP contribution in [0.4, 0.5) is 13.6 Å². The number of carbonyl (C=O) groups is 2. The Labute approximate surface area is 227 Å². The van der Waals surface area contributed by atoms with Gasteiger partial charge >= 0.3 is 6.09 Å². The highest BCUT2D eigenvalue weighted by Gasteiger charge is 2.60. The van der Waals surface area contributed by atoms with Crippen LogP contribution >= 0.6 is 27.5 Å². The van der Waals surface area contributed by atoms with Crippen LogP contribution in [0.15, 0.2) is 39.8 Å². The van der Waals surface area contributed by atoms with Gasteiger partial charge in [-0.15, -0.1) is 0 Å². The van der Waals surface area contributed by atoms with Crippen LogP contribution in [0.2, 0.25) is 5.02 Å². The quantitative estimate of drug-likeness (QED) is 0.461. The second-order valence-electron chi connectivity index (χ2n) is 10.0. The van der Waals surface area contributed by atoms with E-state index in [0.717, 1.165) is 29.2 Å². The molecule has 2 unspecified atom stereocenters. The molecule has 2 aliphatic rings. The standard InChI is InChI=1S/C24H25BrClF2N3O5S/c1-23(2,3)36-22(33)31-9-7-24(31,20-18(28)10-14(25)12-29-20)21(32)30-8-6-16(13-30)37(34,35)19-5-4-15(27)11-17(19)26/h4-5,10-12,16H,6-9,13H2,1-3H3. The summed E-state index contributed by atoms with van der Waals surface area (Å²) in [4.78, 5) is 33.3. The summed E-state index contributed by atoms with van der Waals surface area (Å²) in [5.41, 5.74) is -2.90. The molecule has 1 aromatic heterocycles. The molecule has 2 aromatic rings. The third-order valence-corrected chi connectivity index (χ3v) is 9.49. The van der Waals surface area contributed by atoms with Gasteiger partial charge in [0.25, 0.3) is 5.91 Å². The Kier molecular flexibility index (Phi) is 7.32. The molecule has 200 valence electrons. The molecule has 0 aliphatic carbocycles. The van der Waals surface area contributed by atoms with Gasteiger partial charge in [0.15, 0.2) is 15.4 Å². The van der Waals surface area contributed by atoms with E-state index in [9.17, 15) is 22.4 Å². The number of amides is 2. The molecule has 0 spiro atoms. The van der Waals surface area contributed by atoms with Crippen molar-refractivity contribution in [3.8, 4) is 0 Å². The van der Waals surface area contributed by atoms with Crippen molar-refractivity contribution in [3.05, 3.63) is 57.3 Å². The van der Waals surface area contributed by atoms with Crippen LogP contribution in [0.3, 0.4) is 0 Å². The number of nitrogens with zero attached hydrogens (tertiary/aromatic N) is 3. The molecule has 3 heterocycles. The number of likely N-dealkylation sites (tertiary alicyclic amines) is 2. The van der Waals surface area contributed by atoms with E-state index in [2.05, 4.69) is 20.9 Å². The first-order valence-corrected chi connectivity index (χ1v) is 14.2. The molecule has 13 heteroatoms. The SMILES string of the molecule is CC(C)(C)OC(=O)N1CCC1(C(=O)N1CCC(S(=O)(=O)c2ccc(F)cc2Cl)C1)c1ncc(Br)cc1F. The van der Waals surface area contributed by atoms with Gasteiger partial charge in [0.05, 0.1) is 15.2 Å². The monoisotopic (exact) mass is 619 g/mol. The van der Waals surface area contributed by atoms with E-state index in [1.807, 2.05) is 0 Å². The van der Waals surface area contributed by atoms with Crippen molar-refractivity contribution in [2.24, 2.45) is 0 Å². The summed E-state index contributed by atoms with van der Waals surface area (Å²) in [5, 5.41) is -1.27. The normalized spacial score (nSPS) is 22.1. The molecule has 2 fully saturated rings. The fourth-order valence-corrected chi connectivity index (χ4v) is 7.15. The first kappa shape index (κ1) is 27.7. The summed E-state index contributed by atoms with van der Waals surface area (Å²) in [7, 11) is -4.01. The molecular weight excluding hydrogens is 596 g/mol. The Hall–Kier alpha value is -2.31. The zero-order valence-electron chi connectivity index (χ0n) is 20.3. The van der Waals surface area contributed by atoms with E-state index in [-0.39, 0.29) is 48.1 Å². The molecule has 1 aromatic carbocycles. The number of pyridine rings is 1. The van der Waals surface area contributed by atoms with Crippen LogP contribution in [0.1, 0.15) is 39.3 Å². The maximum Gasteiger partial charge on any atom is 0.411 e. The van der Waals surface area contributed by atoms with Gasteiger partial charge in [-0.25, -0.2) is 22.0 Å². The largest absolute Gasteiger partial charge is 0.444 e. The van der Waals surface area contributed by atoms with E-state index in [1.54, 1.807) is 20.8 Å². The molecule has 2 atom stereocenters. The second-order valence-corrected chi connectivity index (χ2v) is 13.5. The molecule has 8 nitrogen and oxygen atoms in total. The minimum Gasteiger partial charge on any atom is -0.444 e. The smallest absolute Gasteiger partial charge is 0.411 e. The summed E-state index contributed by atoms with van der Waals surface area (Å²) in [6, 6.07) is 4.16. The van der Waals surface area contributed by atoms with Crippen molar-refractivity contribution in [1.82, 2.24) is 14.8 Å². The lowest BCUT2D eigenvalue weighted by Crippen LogP contribution is -2.68. The zero-order chi connectivity index (χ0) is 27.3. The number of rotatable bonds is 4. The van der Waals surface area contributed by atoms with Gasteiger partial charge in [-0.1, -0.05) is 11.6 Å². The predicted molar refractivity (Wildman–Crippen MR) is 135 cm³/mol. The average Bonchev–Trinajstić information content (AvgIpc) is 3.24. The molecule has 0 radical (unpaired) electrons. The lowest BCUT2D eigenvalue weighted by atomic mass is 9.79. The molecule has 4 rings (SSSR count). The predicted octanol–water partition coefficient (Wildman–Crippen LogP) is 4.69. The highest BCUT2D eigenvalue weighted by Crippen LogP contribution is 2.44. The number of hydrogen-bond acceptors (Lipinski definition) is 6. The first-order valence-electron chi connectivity index (χ1n) is 11.5. The summed E-state index contributed by atoms with van der Waals surface area (Å²) in [5.74, 6) is -2.12. The van der Waals surface area contributed by atoms with Crippen LogP contribution in [0.25, 0.3) is 0 Å². The van der Waals surface area contributed by atoms with Crippen LogP contribution in [0.5, 0.6) is 0 Å². The Balaban J connectivity index is 1.68. The van der Waals surface area contributed by atoms with Crippen molar-refractivity contribution in [2.45, 2.75) is 54.9 Å². The fraction of sp³-hybridized carbons (Fsp3) is 0.458. The van der Waals surface area contributed by atoms with Gasteiger partial charge in [-0.3, -0.25) is 14.7 Å². The van der Waals surface area contributed by atoms with Crippen LogP contribution in [-0.2, 0) is 24.9 Å². The van der Waals surface area contributed by atoms with Crippen LogP contribution in [-0.4, -0.2) is 65.7 Å². The number of carbonyl (C=O) groups excluding carboxylic acids is 2. The first-order chi connectivity index (χ1) is 17.2. The maximum absolute atomic E-state index is 15.2. The fourth-order valence-electron chi connectivity index (χ4n) is 4.61. The highest BCUT2D eigenvalue weighted by molar-refractivity contribution is 9.10. The Morgan fingerprint density at radius 2 is 1.92 bits per heavy atom. The van der Waals surface area contributed by atoms with E-state index >= 15 is 4.39 Å². The third-order valence-electron chi connectivity index (χ3n) is 6.40. The van der Waals surface area contributed by atoms with E-state index in [1.165, 1.54) is 11.1 Å². The highest BCUT2D eigenvalue weighted by atomic mass is 79.9. The van der Waals surface area contributed by atoms with Gasteiger partial charge in [-0.2, -0.15) is 0 Å². The number of benzene rings is 1. The second kappa shape index (κ2) is 9.77. The number of hydrogen-bond donors (Lipinski definition) is 0. The Bertz CT molecular complexity index is 1370. The van der Waals surface area contributed by atoms with E-state index in [0.29, 0.717) is 4.47 Å². The average molecular weight is 621 g/mol. The van der Waals surface area contributed by atoms with Gasteiger partial charge < -0.3 is 9.64 Å². The van der Waals surface area contributed by atoms with Gasteiger partial charge in [0.1, 0.15) is 22.9 Å². The maximum atomic E-state index is 15.2. The van der Waals surface area contributed by atoms with Crippen LogP contribution < -0.4 is 0 Å². The molecule has 2 amide bonds. The topological polar surface area (TPSA) is 96.9 Å². The van der Waals surface area contributed by atoms with Gasteiger partial charge in [0.2, 0.25) is 0 Å². The van der Waals surface area contributed by atoms with Crippen molar-refractivity contribution < 1.29 is 31.5 Å². The number of aromatic nitrogens is 1. The number of ether oxygens (including phenoxy) is 1. The lowest BCUT2D eigenvalue weighted by Gasteiger charge is -2.51. The summed E-state index contributed by atoms with van der Waals surface area (Å²) in [6.07, 6.45) is 0.680. The third kappa shape index (κ3) is 5.07. The molecule has 2 saturated heterocycles. The van der Waals surface area contributed by atoms with Crippen LogP contribution in [0, 0.1) is 11.6 Å². The van der Waals surface area contributed by atoms with Crippen molar-refractivity contribution in [1.29, 1.82) is 0 Å². The van der Waals surface area contributed by atoms with Crippen molar-refractivity contribution in [3.63, 3.8) is 0 Å². The van der Waals surface area contributed by atoms with Gasteiger partial charge in [-0.05, 0) is 67.4 Å². The summed E-state index contributed by atoms with van der Waals surface area (Å²) in [6.45, 7) is 4.97. The number of sulfone groups is 1. The molecule has 2 aliphatic heterocycles. The minimum atomic E-state index is -4.01. The molecule has 0 saturated carbocycles. The number of halogens is 4. The summed E-state index contributed by atoms with van der Waals surface area (Å²) >= 11 is 9.15. The lowest BCUT2D eigenvalue weighted by molar-refractivity contribution is -0.154. The zero-order valence-corrected chi connectivity index (χ0v) is 23.5. The Morgan fingerprint density at radius 1 is 1.22 bits per heavy atom. The van der Waals surface area contributed by atoms with E-state index in [4.69, 9.17) is 16.3 Å². The molecule has 0 bridgehead atoms. The Morgan fingerprint density at radius 3 is 2.49 bits per heavy atom. The van der Waals surface area contributed by atoms with E-state index < -0.39 is 49.9 Å². The molecule has 0 N–H and O–H groups in total. The minimum absolute atomic E-state index is 0.0452. The van der Waals surface area contributed by atoms with Gasteiger partial charge in [0, 0.05) is 36.7 Å². The van der Waals surface area contributed by atoms with Crippen molar-refractivity contribution >= 4 is 49.4 Å². The van der Waals surface area contributed by atoms with Crippen molar-refractivity contribution in [2.75, 3.05) is 19.6 Å². The molecular formula is C24H25BrClF2N3O5S. The molecule has 37 heavy (non-hydrogen) atoms.